The number of pyridine rings is 2. The molecule has 49 heavy (non-hydrogen) atoms. The Morgan fingerprint density at radius 2 is 1.18 bits per heavy atom. The normalized spacial score (nSPS) is 17.4. The molecule has 2 aliphatic rings. The second-order valence-electron chi connectivity index (χ2n) is 12.6. The Labute approximate surface area is 283 Å². The van der Waals surface area contributed by atoms with Crippen molar-refractivity contribution in [3.8, 4) is 0 Å². The Morgan fingerprint density at radius 1 is 0.633 bits per heavy atom. The van der Waals surface area contributed by atoms with Gasteiger partial charge in [-0.05, 0) is 57.0 Å². The summed E-state index contributed by atoms with van der Waals surface area (Å²) < 4.78 is 0. The zero-order valence-electron chi connectivity index (χ0n) is 28.1. The van der Waals surface area contributed by atoms with E-state index in [1.54, 1.807) is 0 Å². The molecular formula is C34H39N15. The van der Waals surface area contributed by atoms with E-state index in [0.717, 1.165) is 90.5 Å². The van der Waals surface area contributed by atoms with Crippen LogP contribution in [-0.4, -0.2) is 90.1 Å². The summed E-state index contributed by atoms with van der Waals surface area (Å²) in [7, 11) is 4.00. The van der Waals surface area contributed by atoms with Gasteiger partial charge in [0, 0.05) is 70.1 Å². The fourth-order valence-electron chi connectivity index (χ4n) is 6.38. The molecule has 0 aromatic carbocycles. The van der Waals surface area contributed by atoms with Gasteiger partial charge in [-0.3, -0.25) is 0 Å². The first-order valence-corrected chi connectivity index (χ1v) is 16.3. The Morgan fingerprint density at radius 3 is 1.73 bits per heavy atom. The van der Waals surface area contributed by atoms with Crippen LogP contribution >= 0.6 is 0 Å². The predicted molar refractivity (Wildman–Crippen MR) is 190 cm³/mol. The van der Waals surface area contributed by atoms with Gasteiger partial charge in [0.05, 0.1) is 16.7 Å². The molecular weight excluding hydrogens is 618 g/mol. The number of nitrogens with zero attached hydrogens (tertiary/aromatic N) is 13. The Balaban J connectivity index is 0.000000155. The Bertz CT molecular complexity index is 2120. The van der Waals surface area contributed by atoms with Crippen LogP contribution in [0.5, 0.6) is 0 Å². The molecule has 250 valence electrons. The molecule has 0 saturated carbocycles. The molecule has 6 aromatic heterocycles. The molecule has 15 nitrogen and oxygen atoms in total. The van der Waals surface area contributed by atoms with Crippen LogP contribution in [-0.2, 0) is 0 Å². The average Bonchev–Trinajstić information content (AvgIpc) is 3.80. The van der Waals surface area contributed by atoms with Crippen LogP contribution in [0.25, 0.3) is 22.1 Å². The number of anilines is 5. The Hall–Kier alpha value is -5.86. The Kier molecular flexibility index (Phi) is 8.63. The lowest BCUT2D eigenvalue weighted by atomic mass is 10.0. The van der Waals surface area contributed by atoms with Crippen molar-refractivity contribution in [1.29, 1.82) is 0 Å². The fraction of sp³-hybridized carbons (Fsp3) is 0.353. The highest BCUT2D eigenvalue weighted by molar-refractivity contribution is 5.85. The maximum atomic E-state index is 5.95. The van der Waals surface area contributed by atoms with Gasteiger partial charge in [-0.25, -0.2) is 49.8 Å². The third-order valence-corrected chi connectivity index (χ3v) is 8.95. The van der Waals surface area contributed by atoms with Gasteiger partial charge in [0.1, 0.15) is 52.8 Å². The molecule has 0 radical (unpaired) electrons. The third-order valence-electron chi connectivity index (χ3n) is 8.95. The van der Waals surface area contributed by atoms with Crippen molar-refractivity contribution in [2.75, 3.05) is 66.4 Å². The van der Waals surface area contributed by atoms with E-state index < -0.39 is 0 Å². The molecule has 6 aromatic rings. The van der Waals surface area contributed by atoms with E-state index in [2.05, 4.69) is 65.7 Å². The van der Waals surface area contributed by atoms with Gasteiger partial charge in [0.25, 0.3) is 0 Å². The zero-order chi connectivity index (χ0) is 34.1. The van der Waals surface area contributed by atoms with Crippen LogP contribution < -0.4 is 26.2 Å². The van der Waals surface area contributed by atoms with Crippen LogP contribution in [0, 0.1) is 13.8 Å². The van der Waals surface area contributed by atoms with Crippen LogP contribution in [0.1, 0.15) is 47.7 Å². The summed E-state index contributed by atoms with van der Waals surface area (Å²) in [5.41, 5.74) is 16.9. The van der Waals surface area contributed by atoms with Gasteiger partial charge in [-0.1, -0.05) is 0 Å². The number of rotatable bonds is 5. The molecule has 8 rings (SSSR count). The molecule has 0 bridgehead atoms. The van der Waals surface area contributed by atoms with E-state index in [1.165, 1.54) is 12.7 Å². The van der Waals surface area contributed by atoms with Crippen molar-refractivity contribution in [2.45, 2.75) is 38.5 Å². The van der Waals surface area contributed by atoms with Crippen LogP contribution in [0.4, 0.5) is 29.1 Å². The van der Waals surface area contributed by atoms with Crippen molar-refractivity contribution in [2.24, 2.45) is 0 Å². The molecule has 2 aliphatic heterocycles. The quantitative estimate of drug-likeness (QED) is 0.274. The van der Waals surface area contributed by atoms with E-state index in [-0.39, 0.29) is 0 Å². The van der Waals surface area contributed by atoms with E-state index in [0.29, 0.717) is 34.5 Å². The summed E-state index contributed by atoms with van der Waals surface area (Å²) >= 11 is 0. The van der Waals surface area contributed by atoms with Crippen molar-refractivity contribution in [1.82, 2.24) is 49.8 Å². The van der Waals surface area contributed by atoms with E-state index >= 15 is 0 Å². The third kappa shape index (κ3) is 6.77. The maximum absolute atomic E-state index is 5.95. The lowest BCUT2D eigenvalue weighted by molar-refractivity contribution is 0.731. The number of aryl methyl sites for hydroxylation is 2. The average molecular weight is 658 g/mol. The highest BCUT2D eigenvalue weighted by Gasteiger charge is 2.28. The number of hydrogen-bond acceptors (Lipinski definition) is 15. The first-order valence-electron chi connectivity index (χ1n) is 16.3. The summed E-state index contributed by atoms with van der Waals surface area (Å²) in [6.45, 7) is 7.50. The molecule has 2 unspecified atom stereocenters. The zero-order valence-corrected chi connectivity index (χ0v) is 28.1. The van der Waals surface area contributed by atoms with Crippen molar-refractivity contribution >= 4 is 51.2 Å². The highest BCUT2D eigenvalue weighted by Crippen LogP contribution is 2.32. The minimum absolute atomic E-state index is 0.359. The standard InChI is InChI=1S/C18H22N8.C16H17N7/c1-11-22-14(8-16(23-11)25(2)3)12-6-7-26(9-12)15-5-4-13-17(24-15)18(19)21-10-20-13;1-10-18-6-4-12(21-10)11-5-7-23(8-11)14-3-2-13-15(22-14)16(17)20-9-19-13/h4-5,8,10,12H,6-7,9H2,1-3H3,(H2,19,20,21);2-4,6,9,11H,5,7-8H2,1H3,(H2,17,19,20). The van der Waals surface area contributed by atoms with Gasteiger partial charge >= 0.3 is 0 Å². The number of aromatic nitrogens is 10. The molecule has 0 spiro atoms. The van der Waals surface area contributed by atoms with E-state index in [1.807, 2.05) is 69.4 Å². The molecule has 2 saturated heterocycles. The first kappa shape index (κ1) is 31.7. The topological polar surface area (TPSA) is 191 Å². The monoisotopic (exact) mass is 657 g/mol. The van der Waals surface area contributed by atoms with Crippen molar-refractivity contribution in [3.63, 3.8) is 0 Å². The number of fused-ring (bicyclic) bond motifs is 2. The van der Waals surface area contributed by atoms with Crippen molar-refractivity contribution in [3.05, 3.63) is 78.3 Å². The predicted octanol–water partition coefficient (Wildman–Crippen LogP) is 3.46. The van der Waals surface area contributed by atoms with E-state index in [4.69, 9.17) is 11.5 Å². The van der Waals surface area contributed by atoms with Crippen molar-refractivity contribution < 1.29 is 0 Å². The van der Waals surface area contributed by atoms with Gasteiger partial charge < -0.3 is 26.2 Å². The summed E-state index contributed by atoms with van der Waals surface area (Å²) in [5, 5.41) is 0. The minimum atomic E-state index is 0.359. The molecule has 15 heteroatoms. The second-order valence-corrected chi connectivity index (χ2v) is 12.6. The second kappa shape index (κ2) is 13.3. The SMILES string of the molecule is Cc1nc(C2CCN(c3ccc4ncnc(N)c4n3)C2)cc(N(C)C)n1.Cc1nccc(C2CCN(c3ccc4ncnc(N)c4n3)C2)n1. The summed E-state index contributed by atoms with van der Waals surface area (Å²) in [6, 6.07) is 12.0. The van der Waals surface area contributed by atoms with Gasteiger partial charge in [-0.2, -0.15) is 0 Å². The maximum Gasteiger partial charge on any atom is 0.153 e. The summed E-state index contributed by atoms with van der Waals surface area (Å²) in [4.78, 5) is 50.2. The number of hydrogen-bond donors (Lipinski definition) is 2. The van der Waals surface area contributed by atoms with Gasteiger partial charge in [-0.15, -0.1) is 0 Å². The van der Waals surface area contributed by atoms with Crippen LogP contribution in [0.15, 0.2) is 55.2 Å². The summed E-state index contributed by atoms with van der Waals surface area (Å²) in [5.74, 6) is 5.96. The lowest BCUT2D eigenvalue weighted by Gasteiger charge is -2.19. The lowest BCUT2D eigenvalue weighted by Crippen LogP contribution is -2.21. The van der Waals surface area contributed by atoms with Gasteiger partial charge in [0.15, 0.2) is 11.6 Å². The molecule has 2 fully saturated rings. The van der Waals surface area contributed by atoms with Crippen LogP contribution in [0.3, 0.4) is 0 Å². The molecule has 8 heterocycles. The fourth-order valence-corrected chi connectivity index (χ4v) is 6.38. The molecule has 2 atom stereocenters. The van der Waals surface area contributed by atoms with Gasteiger partial charge in [0.2, 0.25) is 0 Å². The summed E-state index contributed by atoms with van der Waals surface area (Å²) in [6.07, 6.45) is 6.83. The molecule has 0 amide bonds. The molecule has 0 aliphatic carbocycles. The molecule has 4 N–H and O–H groups in total. The highest BCUT2D eigenvalue weighted by atomic mass is 15.2. The van der Waals surface area contributed by atoms with E-state index in [9.17, 15) is 0 Å². The first-order chi connectivity index (χ1) is 23.7. The smallest absolute Gasteiger partial charge is 0.153 e. The number of nitrogens with two attached hydrogens (primary N) is 2. The largest absolute Gasteiger partial charge is 0.382 e. The van der Waals surface area contributed by atoms with Crippen LogP contribution in [0.2, 0.25) is 0 Å². The minimum Gasteiger partial charge on any atom is -0.382 e. The number of nitrogen functional groups attached to an aromatic ring is 2.